The van der Waals surface area contributed by atoms with Crippen molar-refractivity contribution in [3.05, 3.63) is 30.1 Å². The van der Waals surface area contributed by atoms with Gasteiger partial charge < -0.3 is 9.80 Å². The molecule has 3 aliphatic rings. The van der Waals surface area contributed by atoms with Crippen molar-refractivity contribution in [2.45, 2.75) is 50.6 Å². The Labute approximate surface area is 136 Å². The van der Waals surface area contributed by atoms with E-state index in [0.29, 0.717) is 24.8 Å². The maximum atomic E-state index is 12.4. The summed E-state index contributed by atoms with van der Waals surface area (Å²) < 4.78 is 0. The van der Waals surface area contributed by atoms with Crippen molar-refractivity contribution in [3.63, 3.8) is 0 Å². The molecular formula is C18H23N3O2. The first-order valence-corrected chi connectivity index (χ1v) is 8.66. The van der Waals surface area contributed by atoms with Gasteiger partial charge in [0.05, 0.1) is 0 Å². The van der Waals surface area contributed by atoms with E-state index >= 15 is 0 Å². The Morgan fingerprint density at radius 3 is 2.70 bits per heavy atom. The fourth-order valence-corrected chi connectivity index (χ4v) is 4.06. The summed E-state index contributed by atoms with van der Waals surface area (Å²) in [5.41, 5.74) is 1.03. The molecule has 2 saturated heterocycles. The third-order valence-corrected chi connectivity index (χ3v) is 5.67. The van der Waals surface area contributed by atoms with Gasteiger partial charge in [-0.25, -0.2) is 0 Å². The number of nitrogens with zero attached hydrogens (tertiary/aromatic N) is 3. The van der Waals surface area contributed by atoms with Crippen LogP contribution in [0.15, 0.2) is 24.5 Å². The predicted molar refractivity (Wildman–Crippen MR) is 85.3 cm³/mol. The van der Waals surface area contributed by atoms with Crippen LogP contribution in [0.2, 0.25) is 0 Å². The van der Waals surface area contributed by atoms with Crippen LogP contribution in [-0.4, -0.2) is 45.2 Å². The van der Waals surface area contributed by atoms with Gasteiger partial charge in [0.15, 0.2) is 0 Å². The Kier molecular flexibility index (Phi) is 3.58. The second kappa shape index (κ2) is 5.62. The molecule has 5 nitrogen and oxygen atoms in total. The highest BCUT2D eigenvalue weighted by atomic mass is 16.2. The van der Waals surface area contributed by atoms with E-state index in [2.05, 4.69) is 9.88 Å². The smallest absolute Gasteiger partial charge is 0.225 e. The molecule has 1 aromatic heterocycles. The molecule has 2 aliphatic heterocycles. The topological polar surface area (TPSA) is 53.5 Å². The number of aromatic nitrogens is 1. The van der Waals surface area contributed by atoms with Gasteiger partial charge in [0, 0.05) is 49.9 Å². The van der Waals surface area contributed by atoms with Crippen molar-refractivity contribution in [3.8, 4) is 0 Å². The zero-order valence-corrected chi connectivity index (χ0v) is 13.4. The molecule has 3 heterocycles. The Bertz CT molecular complexity index is 604. The normalized spacial score (nSPS) is 23.6. The second-order valence-electron chi connectivity index (χ2n) is 7.17. The molecule has 0 bridgehead atoms. The molecule has 23 heavy (non-hydrogen) atoms. The summed E-state index contributed by atoms with van der Waals surface area (Å²) in [6.45, 7) is 2.24. The van der Waals surface area contributed by atoms with Crippen molar-refractivity contribution in [2.24, 2.45) is 5.92 Å². The molecular weight excluding hydrogens is 290 g/mol. The summed E-state index contributed by atoms with van der Waals surface area (Å²) in [6, 6.07) is 3.94. The van der Waals surface area contributed by atoms with E-state index < -0.39 is 0 Å². The van der Waals surface area contributed by atoms with E-state index in [1.807, 2.05) is 23.2 Å². The highest BCUT2D eigenvalue weighted by molar-refractivity contribution is 5.82. The fourth-order valence-electron chi connectivity index (χ4n) is 4.06. The lowest BCUT2D eigenvalue weighted by atomic mass is 9.84. The molecule has 3 fully saturated rings. The van der Waals surface area contributed by atoms with Crippen LogP contribution in [0.4, 0.5) is 0 Å². The molecule has 122 valence electrons. The van der Waals surface area contributed by atoms with E-state index in [9.17, 15) is 9.59 Å². The standard InChI is InChI=1S/C18H23N3O2/c22-16-5-6-18(21(16)13-14-2-1-9-19-12-14)7-10-20(11-8-18)17(23)15-3-4-15/h1-2,9,12,15H,3-8,10-11,13H2. The van der Waals surface area contributed by atoms with E-state index in [1.165, 1.54) is 0 Å². The third-order valence-electron chi connectivity index (χ3n) is 5.67. The Balaban J connectivity index is 1.46. The first-order valence-electron chi connectivity index (χ1n) is 8.66. The fraction of sp³-hybridized carbons (Fsp3) is 0.611. The molecule has 2 amide bonds. The molecule has 1 aromatic rings. The number of hydrogen-bond acceptors (Lipinski definition) is 3. The van der Waals surface area contributed by atoms with Crippen molar-refractivity contribution in [2.75, 3.05) is 13.1 Å². The maximum absolute atomic E-state index is 12.4. The summed E-state index contributed by atoms with van der Waals surface area (Å²) in [7, 11) is 0. The predicted octanol–water partition coefficient (Wildman–Crippen LogP) is 1.98. The lowest BCUT2D eigenvalue weighted by molar-refractivity contribution is -0.137. The number of likely N-dealkylation sites (tertiary alicyclic amines) is 2. The van der Waals surface area contributed by atoms with Gasteiger partial charge >= 0.3 is 0 Å². The van der Waals surface area contributed by atoms with Crippen molar-refractivity contribution < 1.29 is 9.59 Å². The molecule has 0 N–H and O–H groups in total. The van der Waals surface area contributed by atoms with Crippen molar-refractivity contribution in [1.29, 1.82) is 0 Å². The minimum absolute atomic E-state index is 0.0484. The number of carbonyl (C=O) groups excluding carboxylic acids is 2. The number of rotatable bonds is 3. The Morgan fingerprint density at radius 2 is 2.04 bits per heavy atom. The first kappa shape index (κ1) is 14.7. The minimum atomic E-state index is -0.0484. The molecule has 0 aromatic carbocycles. The largest absolute Gasteiger partial charge is 0.342 e. The van der Waals surface area contributed by atoms with Crippen LogP contribution in [0.5, 0.6) is 0 Å². The number of amides is 2. The minimum Gasteiger partial charge on any atom is -0.342 e. The average molecular weight is 313 g/mol. The third kappa shape index (κ3) is 2.73. The monoisotopic (exact) mass is 313 g/mol. The number of hydrogen-bond donors (Lipinski definition) is 0. The quantitative estimate of drug-likeness (QED) is 0.857. The van der Waals surface area contributed by atoms with Gasteiger partial charge in [0.25, 0.3) is 0 Å². The van der Waals surface area contributed by atoms with Crippen LogP contribution in [-0.2, 0) is 16.1 Å². The highest BCUT2D eigenvalue weighted by Crippen LogP contribution is 2.41. The van der Waals surface area contributed by atoms with Crippen LogP contribution in [0, 0.1) is 5.92 Å². The van der Waals surface area contributed by atoms with E-state index in [-0.39, 0.29) is 11.4 Å². The summed E-state index contributed by atoms with van der Waals surface area (Å²) in [6.07, 6.45) is 9.11. The summed E-state index contributed by atoms with van der Waals surface area (Å²) >= 11 is 0. The van der Waals surface area contributed by atoms with Crippen LogP contribution >= 0.6 is 0 Å². The summed E-state index contributed by atoms with van der Waals surface area (Å²) in [4.78, 5) is 32.9. The molecule has 0 unspecified atom stereocenters. The second-order valence-corrected chi connectivity index (χ2v) is 7.17. The van der Waals surface area contributed by atoms with Gasteiger partial charge in [-0.3, -0.25) is 14.6 Å². The zero-order valence-electron chi connectivity index (χ0n) is 13.4. The maximum Gasteiger partial charge on any atom is 0.225 e. The van der Waals surface area contributed by atoms with Gasteiger partial charge in [0.2, 0.25) is 11.8 Å². The van der Waals surface area contributed by atoms with Crippen LogP contribution in [0.25, 0.3) is 0 Å². The molecule has 0 atom stereocenters. The van der Waals surface area contributed by atoms with Gasteiger partial charge in [-0.05, 0) is 43.7 Å². The van der Waals surface area contributed by atoms with Gasteiger partial charge in [0.1, 0.15) is 0 Å². The summed E-state index contributed by atoms with van der Waals surface area (Å²) in [5.74, 6) is 0.875. The van der Waals surface area contributed by atoms with E-state index in [0.717, 1.165) is 50.8 Å². The van der Waals surface area contributed by atoms with Crippen molar-refractivity contribution in [1.82, 2.24) is 14.8 Å². The van der Waals surface area contributed by atoms with Gasteiger partial charge in [-0.1, -0.05) is 6.07 Å². The Morgan fingerprint density at radius 1 is 1.26 bits per heavy atom. The number of pyridine rings is 1. The number of carbonyl (C=O) groups is 2. The van der Waals surface area contributed by atoms with E-state index in [1.54, 1.807) is 6.20 Å². The zero-order chi connectivity index (χ0) is 15.9. The Hall–Kier alpha value is -1.91. The van der Waals surface area contributed by atoms with Gasteiger partial charge in [-0.2, -0.15) is 0 Å². The van der Waals surface area contributed by atoms with Gasteiger partial charge in [-0.15, -0.1) is 0 Å². The SMILES string of the molecule is O=C(C1CC1)N1CCC2(CCC(=O)N2Cc2cccnc2)CC1. The average Bonchev–Trinajstić information content (AvgIpc) is 3.39. The first-order chi connectivity index (χ1) is 11.2. The molecule has 5 heteroatoms. The number of piperidine rings is 1. The highest BCUT2D eigenvalue weighted by Gasteiger charge is 2.48. The molecule has 0 radical (unpaired) electrons. The molecule has 1 spiro atoms. The van der Waals surface area contributed by atoms with Crippen molar-refractivity contribution >= 4 is 11.8 Å². The van der Waals surface area contributed by atoms with Crippen LogP contribution in [0.1, 0.15) is 44.1 Å². The molecule has 1 aliphatic carbocycles. The van der Waals surface area contributed by atoms with E-state index in [4.69, 9.17) is 0 Å². The molecule has 4 rings (SSSR count). The lowest BCUT2D eigenvalue weighted by Crippen LogP contribution is -2.54. The summed E-state index contributed by atoms with van der Waals surface area (Å²) in [5, 5.41) is 0. The van der Waals surface area contributed by atoms with Crippen LogP contribution < -0.4 is 0 Å². The lowest BCUT2D eigenvalue weighted by Gasteiger charge is -2.45. The van der Waals surface area contributed by atoms with Crippen LogP contribution in [0.3, 0.4) is 0 Å². The molecule has 1 saturated carbocycles.